The van der Waals surface area contributed by atoms with Gasteiger partial charge < -0.3 is 5.73 Å². The van der Waals surface area contributed by atoms with Crippen LogP contribution in [0.1, 0.15) is 33.1 Å². The van der Waals surface area contributed by atoms with E-state index in [-0.39, 0.29) is 0 Å². The summed E-state index contributed by atoms with van der Waals surface area (Å²) >= 11 is 0. The van der Waals surface area contributed by atoms with E-state index in [2.05, 4.69) is 13.8 Å². The number of hydrogen-bond donors (Lipinski definition) is 1. The van der Waals surface area contributed by atoms with Crippen LogP contribution < -0.4 is 5.73 Å². The lowest BCUT2D eigenvalue weighted by atomic mass is 9.47. The Kier molecular flexibility index (Phi) is 1.59. The van der Waals surface area contributed by atoms with E-state index < -0.39 is 0 Å². The monoisotopic (exact) mass is 179 g/mol. The lowest BCUT2D eigenvalue weighted by Gasteiger charge is -2.60. The minimum atomic E-state index is 0.540. The fourth-order valence-electron chi connectivity index (χ4n) is 4.75. The first-order chi connectivity index (χ1) is 6.18. The Labute approximate surface area is 81.1 Å². The summed E-state index contributed by atoms with van der Waals surface area (Å²) in [6.45, 7) is 4.90. The Balaban J connectivity index is 1.97. The highest BCUT2D eigenvalue weighted by atomic mass is 14.8. The Morgan fingerprint density at radius 3 is 1.85 bits per heavy atom. The van der Waals surface area contributed by atoms with E-state index in [4.69, 9.17) is 5.73 Å². The predicted molar refractivity (Wildman–Crippen MR) is 54.1 cm³/mol. The third-order valence-electron chi connectivity index (χ3n) is 5.51. The highest BCUT2D eigenvalue weighted by Gasteiger charge is 2.53. The molecule has 0 amide bonds. The molecule has 4 saturated carbocycles. The van der Waals surface area contributed by atoms with E-state index in [1.165, 1.54) is 19.3 Å². The van der Waals surface area contributed by atoms with Crippen LogP contribution in [-0.4, -0.2) is 6.04 Å². The zero-order chi connectivity index (χ0) is 9.16. The van der Waals surface area contributed by atoms with E-state index in [1.807, 2.05) is 0 Å². The van der Waals surface area contributed by atoms with Gasteiger partial charge in [0, 0.05) is 6.04 Å². The molecule has 4 atom stereocenters. The maximum absolute atomic E-state index is 6.35. The summed E-state index contributed by atoms with van der Waals surface area (Å²) in [6.07, 6.45) is 4.41. The fraction of sp³-hybridized carbons (Fsp3) is 1.00. The van der Waals surface area contributed by atoms with Gasteiger partial charge in [0.1, 0.15) is 0 Å². The van der Waals surface area contributed by atoms with Crippen LogP contribution in [0.4, 0.5) is 0 Å². The van der Waals surface area contributed by atoms with E-state index in [0.717, 1.165) is 35.5 Å². The van der Waals surface area contributed by atoms with E-state index in [9.17, 15) is 0 Å². The summed E-state index contributed by atoms with van der Waals surface area (Å²) in [6, 6.07) is 0.540. The van der Waals surface area contributed by atoms with Crippen molar-refractivity contribution in [1.82, 2.24) is 0 Å². The van der Waals surface area contributed by atoms with Crippen molar-refractivity contribution in [2.75, 3.05) is 0 Å². The van der Waals surface area contributed by atoms with Crippen molar-refractivity contribution in [3.63, 3.8) is 0 Å². The molecule has 74 valence electrons. The van der Waals surface area contributed by atoms with Crippen LogP contribution in [0, 0.1) is 35.5 Å². The molecule has 0 aromatic carbocycles. The normalized spacial score (nSPS) is 64.4. The van der Waals surface area contributed by atoms with E-state index in [1.54, 1.807) is 0 Å². The van der Waals surface area contributed by atoms with Crippen molar-refractivity contribution in [2.24, 2.45) is 41.2 Å². The first-order valence-corrected chi connectivity index (χ1v) is 5.94. The summed E-state index contributed by atoms with van der Waals surface area (Å²) < 4.78 is 0. The molecule has 4 bridgehead atoms. The lowest BCUT2D eigenvalue weighted by Crippen LogP contribution is -2.59. The maximum Gasteiger partial charge on any atom is 0.0101 e. The summed E-state index contributed by atoms with van der Waals surface area (Å²) in [7, 11) is 0. The van der Waals surface area contributed by atoms with E-state index >= 15 is 0 Å². The Morgan fingerprint density at radius 1 is 0.846 bits per heavy atom. The van der Waals surface area contributed by atoms with Crippen LogP contribution in [-0.2, 0) is 0 Å². The van der Waals surface area contributed by atoms with Gasteiger partial charge in [-0.25, -0.2) is 0 Å². The van der Waals surface area contributed by atoms with Crippen molar-refractivity contribution in [2.45, 2.75) is 39.2 Å². The SMILES string of the molecule is CC1C2CC3CC1C(N)C(C3)C2C. The molecular weight excluding hydrogens is 158 g/mol. The topological polar surface area (TPSA) is 26.0 Å². The van der Waals surface area contributed by atoms with Gasteiger partial charge in [0.25, 0.3) is 0 Å². The average Bonchev–Trinajstić information content (AvgIpc) is 2.12. The van der Waals surface area contributed by atoms with Gasteiger partial charge in [-0.05, 0) is 54.8 Å². The molecule has 0 saturated heterocycles. The summed E-state index contributed by atoms with van der Waals surface area (Å²) in [4.78, 5) is 0. The maximum atomic E-state index is 6.35. The summed E-state index contributed by atoms with van der Waals surface area (Å²) in [5.41, 5.74) is 6.35. The van der Waals surface area contributed by atoms with Gasteiger partial charge in [-0.15, -0.1) is 0 Å². The van der Waals surface area contributed by atoms with Crippen LogP contribution in [0.15, 0.2) is 0 Å². The molecule has 4 aliphatic carbocycles. The first-order valence-electron chi connectivity index (χ1n) is 5.94. The molecule has 0 radical (unpaired) electrons. The fourth-order valence-corrected chi connectivity index (χ4v) is 4.75. The number of rotatable bonds is 0. The van der Waals surface area contributed by atoms with Gasteiger partial charge in [0.2, 0.25) is 0 Å². The molecule has 0 spiro atoms. The minimum absolute atomic E-state index is 0.540. The predicted octanol–water partition coefficient (Wildman–Crippen LogP) is 2.26. The lowest BCUT2D eigenvalue weighted by molar-refractivity contribution is -0.0865. The first kappa shape index (κ1) is 8.28. The van der Waals surface area contributed by atoms with Crippen LogP contribution in [0.2, 0.25) is 0 Å². The van der Waals surface area contributed by atoms with Gasteiger partial charge in [-0.3, -0.25) is 0 Å². The van der Waals surface area contributed by atoms with Gasteiger partial charge in [0.05, 0.1) is 0 Å². The molecule has 2 N–H and O–H groups in total. The molecule has 0 aromatic rings. The molecule has 0 heterocycles. The molecule has 4 unspecified atom stereocenters. The van der Waals surface area contributed by atoms with Crippen molar-refractivity contribution in [1.29, 1.82) is 0 Å². The van der Waals surface area contributed by atoms with Gasteiger partial charge in [-0.1, -0.05) is 13.8 Å². The van der Waals surface area contributed by atoms with E-state index in [0.29, 0.717) is 6.04 Å². The number of hydrogen-bond acceptors (Lipinski definition) is 1. The summed E-state index contributed by atoms with van der Waals surface area (Å²) in [5.74, 6) is 5.64. The molecule has 0 aromatic heterocycles. The van der Waals surface area contributed by atoms with Gasteiger partial charge in [-0.2, -0.15) is 0 Å². The van der Waals surface area contributed by atoms with Crippen molar-refractivity contribution in [3.05, 3.63) is 0 Å². The zero-order valence-electron chi connectivity index (χ0n) is 8.74. The van der Waals surface area contributed by atoms with Crippen molar-refractivity contribution in [3.8, 4) is 0 Å². The van der Waals surface area contributed by atoms with Crippen molar-refractivity contribution >= 4 is 0 Å². The minimum Gasteiger partial charge on any atom is -0.327 e. The Hall–Kier alpha value is -0.0400. The largest absolute Gasteiger partial charge is 0.327 e. The van der Waals surface area contributed by atoms with Crippen molar-refractivity contribution < 1.29 is 0 Å². The second-order valence-corrected chi connectivity index (χ2v) is 5.86. The highest BCUT2D eigenvalue weighted by molar-refractivity contribution is 5.05. The Bertz CT molecular complexity index is 175. The quantitative estimate of drug-likeness (QED) is 0.606. The standard InChI is InChI=1S/C12H21N/c1-6-9-3-8-4-10(6)12(13)11(5-8)7(9)2/h6-12H,3-5,13H2,1-2H3. The zero-order valence-corrected chi connectivity index (χ0v) is 8.74. The highest BCUT2D eigenvalue weighted by Crippen LogP contribution is 2.58. The molecule has 4 rings (SSSR count). The second-order valence-electron chi connectivity index (χ2n) is 5.86. The third kappa shape index (κ3) is 0.918. The molecule has 1 nitrogen and oxygen atoms in total. The summed E-state index contributed by atoms with van der Waals surface area (Å²) in [5, 5.41) is 0. The second kappa shape index (κ2) is 2.50. The molecular formula is C12H21N. The molecule has 1 heteroatoms. The molecule has 0 aliphatic heterocycles. The molecule has 4 aliphatic rings. The van der Waals surface area contributed by atoms with Gasteiger partial charge >= 0.3 is 0 Å². The average molecular weight is 179 g/mol. The molecule has 4 fully saturated rings. The number of nitrogens with two attached hydrogens (primary N) is 1. The van der Waals surface area contributed by atoms with Crippen LogP contribution in [0.25, 0.3) is 0 Å². The van der Waals surface area contributed by atoms with Crippen LogP contribution >= 0.6 is 0 Å². The molecule has 13 heavy (non-hydrogen) atoms. The van der Waals surface area contributed by atoms with Crippen LogP contribution in [0.3, 0.4) is 0 Å². The smallest absolute Gasteiger partial charge is 0.0101 e. The van der Waals surface area contributed by atoms with Gasteiger partial charge in [0.15, 0.2) is 0 Å². The third-order valence-corrected chi connectivity index (χ3v) is 5.51. The Morgan fingerprint density at radius 2 is 1.31 bits per heavy atom. The van der Waals surface area contributed by atoms with Crippen LogP contribution in [0.5, 0.6) is 0 Å².